The molecule has 1 amide bonds. The summed E-state index contributed by atoms with van der Waals surface area (Å²) < 4.78 is 10.3. The van der Waals surface area contributed by atoms with Crippen molar-refractivity contribution in [2.24, 2.45) is 22.5 Å². The lowest BCUT2D eigenvalue weighted by atomic mass is 9.60. The molecule has 2 bridgehead atoms. The topological polar surface area (TPSA) is 105 Å². The highest BCUT2D eigenvalue weighted by molar-refractivity contribution is 5.96. The minimum atomic E-state index is -1.37. The number of ether oxygens (including phenoxy) is 1. The average molecular weight is 698 g/mol. The van der Waals surface area contributed by atoms with Crippen LogP contribution in [0.25, 0.3) is 11.6 Å². The molecular weight excluding hydrogens is 647 g/mol. The summed E-state index contributed by atoms with van der Waals surface area (Å²) in [4.78, 5) is 37.4. The van der Waals surface area contributed by atoms with Gasteiger partial charge in [0.15, 0.2) is 5.60 Å². The predicted octanol–water partition coefficient (Wildman–Crippen LogP) is 7.85. The van der Waals surface area contributed by atoms with Gasteiger partial charge >= 0.3 is 5.97 Å². The third-order valence-corrected chi connectivity index (χ3v) is 12.6. The van der Waals surface area contributed by atoms with Gasteiger partial charge in [-0.25, -0.2) is 9.97 Å². The minimum absolute atomic E-state index is 0.129. The summed E-state index contributed by atoms with van der Waals surface area (Å²) in [7, 11) is 0. The van der Waals surface area contributed by atoms with Gasteiger partial charge in [0, 0.05) is 46.0 Å². The van der Waals surface area contributed by atoms with Crippen LogP contribution in [0.3, 0.4) is 0 Å². The molecule has 3 unspecified atom stereocenters. The molecule has 52 heavy (non-hydrogen) atoms. The number of fused-ring (bicyclic) bond motifs is 2. The van der Waals surface area contributed by atoms with Gasteiger partial charge in [-0.3, -0.25) is 9.59 Å². The van der Waals surface area contributed by atoms with Crippen LogP contribution in [0.2, 0.25) is 0 Å². The molecule has 2 N–H and O–H groups in total. The Morgan fingerprint density at radius 2 is 1.33 bits per heavy atom. The monoisotopic (exact) mass is 697 g/mol. The average Bonchev–Trinajstić information content (AvgIpc) is 3.70. The van der Waals surface area contributed by atoms with Crippen molar-refractivity contribution < 1.29 is 14.3 Å². The Hall–Kier alpha value is -4.98. The number of benzene rings is 1. The van der Waals surface area contributed by atoms with Crippen molar-refractivity contribution in [2.75, 3.05) is 0 Å². The molecule has 8 heteroatoms. The Morgan fingerprint density at radius 3 is 1.87 bits per heavy atom. The molecule has 5 aromatic rings. The van der Waals surface area contributed by atoms with Crippen LogP contribution in [0.4, 0.5) is 0 Å². The molecule has 1 aromatic carbocycles. The molecule has 1 aliphatic carbocycles. The number of pyridine rings is 2. The van der Waals surface area contributed by atoms with Crippen molar-refractivity contribution in [3.05, 3.63) is 129 Å². The number of aryl methyl sites for hydroxylation is 8. The summed E-state index contributed by atoms with van der Waals surface area (Å²) in [6.45, 7) is 18.5. The molecular formula is C44H51N5O3. The number of amides is 1. The smallest absolute Gasteiger partial charge is 0.313 e. The molecule has 7 rings (SSSR count). The molecule has 1 saturated heterocycles. The van der Waals surface area contributed by atoms with Crippen molar-refractivity contribution in [3.8, 4) is 11.6 Å². The normalized spacial score (nSPS) is 22.5. The lowest BCUT2D eigenvalue weighted by molar-refractivity contribution is -0.170. The van der Waals surface area contributed by atoms with Crippen LogP contribution in [0, 0.1) is 58.3 Å². The van der Waals surface area contributed by atoms with Gasteiger partial charge in [-0.2, -0.15) is 0 Å². The van der Waals surface area contributed by atoms with Crippen molar-refractivity contribution >= 4 is 11.9 Å². The summed E-state index contributed by atoms with van der Waals surface area (Å²) in [6, 6.07) is 25.8. The number of carbonyl (C=O) groups is 2. The molecule has 1 saturated carbocycles. The fraction of sp³-hybridized carbons (Fsp3) is 0.409. The first-order valence-corrected chi connectivity index (χ1v) is 18.4. The minimum Gasteiger partial charge on any atom is -0.448 e. The van der Waals surface area contributed by atoms with Crippen molar-refractivity contribution in [2.45, 2.75) is 99.5 Å². The van der Waals surface area contributed by atoms with E-state index in [4.69, 9.17) is 20.4 Å². The molecule has 0 spiro atoms. The van der Waals surface area contributed by atoms with Crippen molar-refractivity contribution in [1.82, 2.24) is 19.1 Å². The number of esters is 1. The summed E-state index contributed by atoms with van der Waals surface area (Å²) in [5.74, 6) is 0.568. The number of aromatic nitrogens is 4. The molecule has 0 radical (unpaired) electrons. The van der Waals surface area contributed by atoms with E-state index < -0.39 is 22.3 Å². The Morgan fingerprint density at radius 1 is 0.788 bits per heavy atom. The van der Waals surface area contributed by atoms with Crippen LogP contribution in [-0.4, -0.2) is 36.6 Å². The lowest BCUT2D eigenvalue weighted by Gasteiger charge is -2.39. The number of nitrogens with two attached hydrogens (primary N) is 1. The summed E-state index contributed by atoms with van der Waals surface area (Å²) >= 11 is 0. The molecule has 2 aliphatic rings. The molecule has 1 aliphatic heterocycles. The van der Waals surface area contributed by atoms with E-state index in [2.05, 4.69) is 123 Å². The Kier molecular flexibility index (Phi) is 8.59. The van der Waals surface area contributed by atoms with E-state index in [0.29, 0.717) is 12.8 Å². The van der Waals surface area contributed by atoms with Gasteiger partial charge in [-0.1, -0.05) is 38.1 Å². The van der Waals surface area contributed by atoms with Gasteiger partial charge in [-0.05, 0) is 150 Å². The Labute approximate surface area is 307 Å². The third-order valence-electron chi connectivity index (χ3n) is 12.6. The third kappa shape index (κ3) is 5.49. The van der Waals surface area contributed by atoms with Crippen LogP contribution in [0.1, 0.15) is 89.5 Å². The summed E-state index contributed by atoms with van der Waals surface area (Å²) in [5.41, 5.74) is 14.2. The van der Waals surface area contributed by atoms with E-state index in [1.165, 1.54) is 11.1 Å². The number of hydrogen-bond donors (Lipinski definition) is 1. The van der Waals surface area contributed by atoms with Gasteiger partial charge in [0.25, 0.3) is 5.91 Å². The maximum atomic E-state index is 13.9. The second kappa shape index (κ2) is 12.6. The number of carbonyl (C=O) groups excluding carboxylic acids is 2. The second-order valence-electron chi connectivity index (χ2n) is 16.2. The molecule has 4 aromatic heterocycles. The van der Waals surface area contributed by atoms with E-state index in [1.54, 1.807) is 0 Å². The van der Waals surface area contributed by atoms with Gasteiger partial charge < -0.3 is 19.6 Å². The summed E-state index contributed by atoms with van der Waals surface area (Å²) in [5, 5.41) is 0. The van der Waals surface area contributed by atoms with E-state index in [9.17, 15) is 9.59 Å². The van der Waals surface area contributed by atoms with Gasteiger partial charge in [0.05, 0.1) is 5.41 Å². The van der Waals surface area contributed by atoms with Crippen LogP contribution >= 0.6 is 0 Å². The quantitative estimate of drug-likeness (QED) is 0.150. The first-order valence-electron chi connectivity index (χ1n) is 18.4. The maximum absolute atomic E-state index is 13.9. The highest BCUT2D eigenvalue weighted by atomic mass is 16.6. The molecule has 2 fully saturated rings. The number of nitrogens with zero attached hydrogens (tertiary/aromatic N) is 4. The highest BCUT2D eigenvalue weighted by Crippen LogP contribution is 2.70. The van der Waals surface area contributed by atoms with Gasteiger partial charge in [0.2, 0.25) is 0 Å². The molecule has 4 atom stereocenters. The first kappa shape index (κ1) is 35.4. The van der Waals surface area contributed by atoms with E-state index in [1.807, 2.05) is 20.8 Å². The van der Waals surface area contributed by atoms with Crippen LogP contribution < -0.4 is 5.73 Å². The van der Waals surface area contributed by atoms with E-state index in [-0.39, 0.29) is 17.8 Å². The molecule has 8 nitrogen and oxygen atoms in total. The highest BCUT2D eigenvalue weighted by Gasteiger charge is 2.79. The largest absolute Gasteiger partial charge is 0.448 e. The first-order chi connectivity index (χ1) is 24.6. The van der Waals surface area contributed by atoms with Gasteiger partial charge in [0.1, 0.15) is 11.6 Å². The van der Waals surface area contributed by atoms with Crippen molar-refractivity contribution in [3.63, 3.8) is 0 Å². The van der Waals surface area contributed by atoms with Crippen LogP contribution in [0.5, 0.6) is 0 Å². The predicted molar refractivity (Wildman–Crippen MR) is 204 cm³/mol. The van der Waals surface area contributed by atoms with Gasteiger partial charge in [-0.15, -0.1) is 0 Å². The van der Waals surface area contributed by atoms with Crippen molar-refractivity contribution in [1.29, 1.82) is 0 Å². The zero-order valence-corrected chi connectivity index (χ0v) is 32.0. The zero-order valence-electron chi connectivity index (χ0n) is 32.0. The standard InChI is InChI=1S/C44H51N5O3/c1-26-19-34(46-38(21-26)48-28(3)13-14-29(48)4)18-17-32-11-10-12-33(23-32)36(37-25-44(40(45)50)42(7,8)43(37,9)41(51)52-44)24-35-20-27(2)22-39(47-35)49-30(5)15-16-31(49)6/h10-16,19-23,36-37H,17-18,24-25H2,1-9H3,(H2,45,50)/t36-,37?,43?,44?/m1/s1. The number of rotatable bonds is 10. The maximum Gasteiger partial charge on any atom is 0.313 e. The second-order valence-corrected chi connectivity index (χ2v) is 16.2. The van der Waals surface area contributed by atoms with Crippen LogP contribution in [0.15, 0.2) is 72.8 Å². The molecule has 5 heterocycles. The fourth-order valence-electron chi connectivity index (χ4n) is 9.43. The number of primary amides is 1. The van der Waals surface area contributed by atoms with Crippen LogP contribution in [-0.2, 0) is 33.6 Å². The Bertz CT molecular complexity index is 2190. The SMILES string of the molecule is Cc1cc(CCc2cccc([C@@H](Cc3cc(C)cc(-n4c(C)ccc4C)n3)C3CC4(C(N)=O)OC(=O)C3(C)C4(C)C)c2)nc(-n2c(C)ccc2C)c1. The molecule has 270 valence electrons. The Balaban J connectivity index is 1.27. The number of hydrogen-bond acceptors (Lipinski definition) is 5. The van der Waals surface area contributed by atoms with E-state index >= 15 is 0 Å². The lowest BCUT2D eigenvalue weighted by Crippen LogP contribution is -2.51. The zero-order chi connectivity index (χ0) is 37.3. The summed E-state index contributed by atoms with van der Waals surface area (Å²) in [6.07, 6.45) is 2.55. The fourth-order valence-corrected chi connectivity index (χ4v) is 9.43. The van der Waals surface area contributed by atoms with E-state index in [0.717, 1.165) is 69.8 Å².